The Labute approximate surface area is 98.0 Å². The van der Waals surface area contributed by atoms with Crippen molar-refractivity contribution in [2.75, 3.05) is 25.4 Å². The fourth-order valence-corrected chi connectivity index (χ4v) is 3.74. The van der Waals surface area contributed by atoms with Gasteiger partial charge in [0, 0.05) is 29.1 Å². The number of thioether (sulfide) groups is 1. The average molecular weight is 228 g/mol. The Balaban J connectivity index is 1.74. The highest BCUT2D eigenvalue weighted by atomic mass is 32.2. The molecule has 1 aliphatic carbocycles. The standard InChI is InChI=1S/C12H24N2S/c1-11(2)10-14(8-9-15-11)7-6-12(13)4-3-5-12/h3-10,13H2,1-2H3. The summed E-state index contributed by atoms with van der Waals surface area (Å²) < 4.78 is 0.444. The van der Waals surface area contributed by atoms with E-state index >= 15 is 0 Å². The Kier molecular flexibility index (Phi) is 3.34. The van der Waals surface area contributed by atoms with Crippen LogP contribution in [0.1, 0.15) is 39.5 Å². The van der Waals surface area contributed by atoms with Crippen LogP contribution in [0, 0.1) is 0 Å². The van der Waals surface area contributed by atoms with E-state index in [0.29, 0.717) is 4.75 Å². The Hall–Kier alpha value is 0.270. The molecule has 2 fully saturated rings. The van der Waals surface area contributed by atoms with Crippen LogP contribution in [0.15, 0.2) is 0 Å². The lowest BCUT2D eigenvalue weighted by molar-refractivity contribution is 0.177. The highest BCUT2D eigenvalue weighted by Crippen LogP contribution is 2.34. The summed E-state index contributed by atoms with van der Waals surface area (Å²) in [5.74, 6) is 1.28. The van der Waals surface area contributed by atoms with Crippen LogP contribution in [0.25, 0.3) is 0 Å². The summed E-state index contributed by atoms with van der Waals surface area (Å²) in [6, 6.07) is 0. The third-order valence-electron chi connectivity index (χ3n) is 3.78. The smallest absolute Gasteiger partial charge is 0.0231 e. The van der Waals surface area contributed by atoms with Crippen LogP contribution in [0.5, 0.6) is 0 Å². The summed E-state index contributed by atoms with van der Waals surface area (Å²) in [5.41, 5.74) is 6.46. The van der Waals surface area contributed by atoms with Gasteiger partial charge < -0.3 is 10.6 Å². The topological polar surface area (TPSA) is 29.3 Å². The molecule has 0 unspecified atom stereocenters. The largest absolute Gasteiger partial charge is 0.325 e. The minimum atomic E-state index is 0.203. The Morgan fingerprint density at radius 1 is 1.33 bits per heavy atom. The summed E-state index contributed by atoms with van der Waals surface area (Å²) in [6.07, 6.45) is 5.05. The van der Waals surface area contributed by atoms with Gasteiger partial charge >= 0.3 is 0 Å². The molecule has 0 aromatic rings. The van der Waals surface area contributed by atoms with E-state index in [1.807, 2.05) is 0 Å². The molecule has 2 rings (SSSR count). The first-order valence-corrected chi connectivity index (χ1v) is 7.13. The van der Waals surface area contributed by atoms with E-state index in [4.69, 9.17) is 5.73 Å². The summed E-state index contributed by atoms with van der Waals surface area (Å²) in [6.45, 7) is 8.40. The first-order valence-electron chi connectivity index (χ1n) is 6.14. The van der Waals surface area contributed by atoms with Crippen molar-refractivity contribution in [3.05, 3.63) is 0 Å². The van der Waals surface area contributed by atoms with Crippen molar-refractivity contribution >= 4 is 11.8 Å². The predicted molar refractivity (Wildman–Crippen MR) is 68.4 cm³/mol. The van der Waals surface area contributed by atoms with Crippen LogP contribution < -0.4 is 5.73 Å². The average Bonchev–Trinajstić information content (AvgIpc) is 2.10. The molecule has 1 saturated heterocycles. The van der Waals surface area contributed by atoms with E-state index in [1.165, 1.54) is 51.1 Å². The lowest BCUT2D eigenvalue weighted by Crippen LogP contribution is -2.51. The molecule has 88 valence electrons. The SMILES string of the molecule is CC1(C)CN(CCC2(N)CCC2)CCS1. The number of rotatable bonds is 3. The van der Waals surface area contributed by atoms with Crippen molar-refractivity contribution in [2.24, 2.45) is 5.73 Å². The fourth-order valence-electron chi connectivity index (χ4n) is 2.57. The molecule has 0 aromatic heterocycles. The van der Waals surface area contributed by atoms with Crippen molar-refractivity contribution < 1.29 is 0 Å². The van der Waals surface area contributed by atoms with Crippen LogP contribution in [0.3, 0.4) is 0 Å². The van der Waals surface area contributed by atoms with Gasteiger partial charge in [-0.2, -0.15) is 11.8 Å². The van der Waals surface area contributed by atoms with E-state index < -0.39 is 0 Å². The number of nitrogens with two attached hydrogens (primary N) is 1. The lowest BCUT2D eigenvalue weighted by atomic mass is 9.75. The maximum atomic E-state index is 6.26. The van der Waals surface area contributed by atoms with E-state index in [2.05, 4.69) is 30.5 Å². The van der Waals surface area contributed by atoms with Gasteiger partial charge in [0.25, 0.3) is 0 Å². The molecule has 3 heteroatoms. The second-order valence-corrected chi connectivity index (χ2v) is 7.65. The Morgan fingerprint density at radius 2 is 2.07 bits per heavy atom. The Morgan fingerprint density at radius 3 is 2.60 bits per heavy atom. The molecule has 0 aromatic carbocycles. The Bertz CT molecular complexity index is 224. The molecule has 15 heavy (non-hydrogen) atoms. The van der Waals surface area contributed by atoms with Crippen molar-refractivity contribution in [2.45, 2.75) is 49.8 Å². The van der Waals surface area contributed by atoms with Crippen molar-refractivity contribution in [3.8, 4) is 0 Å². The zero-order chi connectivity index (χ0) is 10.9. The fraction of sp³-hybridized carbons (Fsp3) is 1.00. The summed E-state index contributed by atoms with van der Waals surface area (Å²) >= 11 is 2.10. The lowest BCUT2D eigenvalue weighted by Gasteiger charge is -2.42. The number of hydrogen-bond donors (Lipinski definition) is 1. The van der Waals surface area contributed by atoms with Crippen LogP contribution in [-0.4, -0.2) is 40.6 Å². The third kappa shape index (κ3) is 3.11. The minimum Gasteiger partial charge on any atom is -0.325 e. The van der Waals surface area contributed by atoms with Gasteiger partial charge in [0.05, 0.1) is 0 Å². The molecule has 1 heterocycles. The van der Waals surface area contributed by atoms with Gasteiger partial charge in [0.15, 0.2) is 0 Å². The molecule has 0 bridgehead atoms. The summed E-state index contributed by atoms with van der Waals surface area (Å²) in [4.78, 5) is 2.60. The van der Waals surface area contributed by atoms with Crippen molar-refractivity contribution in [1.82, 2.24) is 4.90 Å². The maximum Gasteiger partial charge on any atom is 0.0231 e. The van der Waals surface area contributed by atoms with Gasteiger partial charge in [0.2, 0.25) is 0 Å². The highest BCUT2D eigenvalue weighted by Gasteiger charge is 2.34. The van der Waals surface area contributed by atoms with Crippen LogP contribution in [0.4, 0.5) is 0 Å². The number of hydrogen-bond acceptors (Lipinski definition) is 3. The molecule has 2 N–H and O–H groups in total. The predicted octanol–water partition coefficient (Wildman–Crippen LogP) is 2.09. The number of nitrogens with zero attached hydrogens (tertiary/aromatic N) is 1. The van der Waals surface area contributed by atoms with E-state index in [1.54, 1.807) is 0 Å². The second kappa shape index (κ2) is 4.27. The zero-order valence-electron chi connectivity index (χ0n) is 10.1. The van der Waals surface area contributed by atoms with E-state index in [0.717, 1.165) is 0 Å². The van der Waals surface area contributed by atoms with E-state index in [9.17, 15) is 0 Å². The zero-order valence-corrected chi connectivity index (χ0v) is 10.9. The van der Waals surface area contributed by atoms with Crippen LogP contribution in [-0.2, 0) is 0 Å². The van der Waals surface area contributed by atoms with Gasteiger partial charge in [0.1, 0.15) is 0 Å². The molecular weight excluding hydrogens is 204 g/mol. The molecule has 1 aliphatic heterocycles. The molecule has 2 aliphatic rings. The maximum absolute atomic E-state index is 6.26. The van der Waals surface area contributed by atoms with Crippen molar-refractivity contribution in [3.63, 3.8) is 0 Å². The highest BCUT2D eigenvalue weighted by molar-refractivity contribution is 8.00. The van der Waals surface area contributed by atoms with Gasteiger partial charge in [-0.25, -0.2) is 0 Å². The quantitative estimate of drug-likeness (QED) is 0.802. The first-order chi connectivity index (χ1) is 6.99. The van der Waals surface area contributed by atoms with Crippen LogP contribution in [0.2, 0.25) is 0 Å². The molecule has 0 radical (unpaired) electrons. The van der Waals surface area contributed by atoms with Gasteiger partial charge in [-0.05, 0) is 46.1 Å². The molecule has 0 amide bonds. The molecule has 0 atom stereocenters. The molecule has 1 saturated carbocycles. The van der Waals surface area contributed by atoms with Gasteiger partial charge in [-0.15, -0.1) is 0 Å². The van der Waals surface area contributed by atoms with E-state index in [-0.39, 0.29) is 5.54 Å². The molecule has 0 spiro atoms. The summed E-state index contributed by atoms with van der Waals surface area (Å²) in [5, 5.41) is 0. The minimum absolute atomic E-state index is 0.203. The normalized spacial score (nSPS) is 29.8. The monoisotopic (exact) mass is 228 g/mol. The second-order valence-electron chi connectivity index (χ2n) is 5.85. The molecular formula is C12H24N2S. The third-order valence-corrected chi connectivity index (χ3v) is 5.08. The summed E-state index contributed by atoms with van der Waals surface area (Å²) in [7, 11) is 0. The molecule has 2 nitrogen and oxygen atoms in total. The van der Waals surface area contributed by atoms with Crippen LogP contribution >= 0.6 is 11.8 Å². The first kappa shape index (κ1) is 11.7. The van der Waals surface area contributed by atoms with Gasteiger partial charge in [-0.3, -0.25) is 0 Å². The van der Waals surface area contributed by atoms with Crippen molar-refractivity contribution in [1.29, 1.82) is 0 Å². The van der Waals surface area contributed by atoms with Gasteiger partial charge in [-0.1, -0.05) is 0 Å².